The average molecular weight is 432 g/mol. The van der Waals surface area contributed by atoms with E-state index in [-0.39, 0.29) is 12.6 Å². The minimum Gasteiger partial charge on any atom is -0.460 e. The molecule has 2 aromatic rings. The number of hydrogen-bond donors (Lipinski definition) is 0. The van der Waals surface area contributed by atoms with Crippen LogP contribution in [-0.2, 0) is 9.53 Å². The molecule has 0 aliphatic heterocycles. The first-order valence-electron chi connectivity index (χ1n) is 6.67. The van der Waals surface area contributed by atoms with Crippen LogP contribution < -0.4 is 0 Å². The van der Waals surface area contributed by atoms with Crippen molar-refractivity contribution in [3.63, 3.8) is 0 Å². The highest BCUT2D eigenvalue weighted by atomic mass is 79.9. The number of halogens is 3. The highest BCUT2D eigenvalue weighted by Gasteiger charge is 2.11. The highest BCUT2D eigenvalue weighted by molar-refractivity contribution is 9.10. The van der Waals surface area contributed by atoms with Crippen LogP contribution in [0.3, 0.4) is 0 Å². The summed E-state index contributed by atoms with van der Waals surface area (Å²) in [6, 6.07) is 15.0. The van der Waals surface area contributed by atoms with Crippen molar-refractivity contribution in [1.82, 2.24) is 0 Å². The molecule has 2 nitrogen and oxygen atoms in total. The number of ether oxygens (including phenoxy) is 1. The molecule has 0 atom stereocenters. The van der Waals surface area contributed by atoms with E-state index in [1.165, 1.54) is 18.7 Å². The van der Waals surface area contributed by atoms with Crippen LogP contribution in [0.1, 0.15) is 12.5 Å². The Labute approximate surface area is 157 Å². The molecule has 0 unspecified atom stereocenters. The highest BCUT2D eigenvalue weighted by Crippen LogP contribution is 2.36. The van der Waals surface area contributed by atoms with Crippen molar-refractivity contribution in [2.24, 2.45) is 0 Å². The Morgan fingerprint density at radius 2 is 1.74 bits per heavy atom. The molecule has 0 bridgehead atoms. The van der Waals surface area contributed by atoms with E-state index in [4.69, 9.17) is 27.9 Å². The molecule has 0 aliphatic carbocycles. The molecule has 0 N–H and O–H groups in total. The maximum Gasteiger partial charge on any atom is 0.302 e. The van der Waals surface area contributed by atoms with Crippen molar-refractivity contribution in [2.75, 3.05) is 6.61 Å². The van der Waals surface area contributed by atoms with Crippen molar-refractivity contribution in [1.29, 1.82) is 0 Å². The Hall–Kier alpha value is -0.940. The fourth-order valence-corrected chi connectivity index (χ4v) is 3.28. The first-order valence-corrected chi connectivity index (χ1v) is 9.03. The second-order valence-electron chi connectivity index (χ2n) is 4.58. The smallest absolute Gasteiger partial charge is 0.302 e. The van der Waals surface area contributed by atoms with Crippen molar-refractivity contribution >= 4 is 61.9 Å². The standard InChI is InChI=1S/C17H13BrCl2O2S/c1-11(21)22-10-16(23-15-8-6-14(19)7-9-15)17(20)12-2-4-13(18)5-3-12/h2-9H,10H2,1H3/b17-16+. The first-order chi connectivity index (χ1) is 11.0. The maximum absolute atomic E-state index is 11.1. The summed E-state index contributed by atoms with van der Waals surface area (Å²) in [6.45, 7) is 1.50. The minimum absolute atomic E-state index is 0.123. The van der Waals surface area contributed by atoms with Crippen molar-refractivity contribution in [3.8, 4) is 0 Å². The van der Waals surface area contributed by atoms with Gasteiger partial charge in [-0.15, -0.1) is 0 Å². The Bertz CT molecular complexity index is 712. The number of esters is 1. The van der Waals surface area contributed by atoms with E-state index in [9.17, 15) is 4.79 Å². The molecule has 0 aliphatic rings. The summed E-state index contributed by atoms with van der Waals surface area (Å²) in [5, 5.41) is 1.22. The number of carbonyl (C=O) groups excluding carboxylic acids is 1. The quantitative estimate of drug-likeness (QED) is 0.406. The Morgan fingerprint density at radius 1 is 1.13 bits per heavy atom. The molecule has 6 heteroatoms. The maximum atomic E-state index is 11.1. The number of benzene rings is 2. The average Bonchev–Trinajstić information content (AvgIpc) is 2.53. The SMILES string of the molecule is CC(=O)OC/C(Sc1ccc(Cl)cc1)=C(\Cl)c1ccc(Br)cc1. The van der Waals surface area contributed by atoms with Crippen LogP contribution in [0.15, 0.2) is 62.8 Å². The number of thioether (sulfide) groups is 1. The van der Waals surface area contributed by atoms with E-state index in [0.717, 1.165) is 19.8 Å². The Morgan fingerprint density at radius 3 is 2.30 bits per heavy atom. The van der Waals surface area contributed by atoms with Crippen LogP contribution in [0.4, 0.5) is 0 Å². The normalized spacial score (nSPS) is 11.8. The predicted molar refractivity (Wildman–Crippen MR) is 101 cm³/mol. The van der Waals surface area contributed by atoms with Gasteiger partial charge in [0.1, 0.15) is 6.61 Å². The zero-order valence-electron chi connectivity index (χ0n) is 12.2. The van der Waals surface area contributed by atoms with Gasteiger partial charge < -0.3 is 4.74 Å². The summed E-state index contributed by atoms with van der Waals surface area (Å²) in [4.78, 5) is 12.8. The van der Waals surface area contributed by atoms with Gasteiger partial charge in [-0.1, -0.05) is 63.0 Å². The Balaban J connectivity index is 2.31. The van der Waals surface area contributed by atoms with Gasteiger partial charge in [0.2, 0.25) is 0 Å². The van der Waals surface area contributed by atoms with Gasteiger partial charge in [0.05, 0.1) is 5.03 Å². The first kappa shape index (κ1) is 18.4. The zero-order chi connectivity index (χ0) is 16.8. The van der Waals surface area contributed by atoms with Crippen LogP contribution >= 0.6 is 50.9 Å². The van der Waals surface area contributed by atoms with Crippen LogP contribution in [0.25, 0.3) is 5.03 Å². The van der Waals surface area contributed by atoms with Crippen LogP contribution in [-0.4, -0.2) is 12.6 Å². The molecule has 23 heavy (non-hydrogen) atoms. The monoisotopic (exact) mass is 430 g/mol. The topological polar surface area (TPSA) is 26.3 Å². The van der Waals surface area contributed by atoms with Crippen molar-refractivity contribution in [3.05, 3.63) is 68.5 Å². The van der Waals surface area contributed by atoms with Gasteiger partial charge in [0.25, 0.3) is 0 Å². The van der Waals surface area contributed by atoms with E-state index in [1.54, 1.807) is 12.1 Å². The number of hydrogen-bond acceptors (Lipinski definition) is 3. The number of carbonyl (C=O) groups is 1. The lowest BCUT2D eigenvalue weighted by Gasteiger charge is -2.11. The Kier molecular flexibility index (Phi) is 7.03. The lowest BCUT2D eigenvalue weighted by atomic mass is 10.2. The van der Waals surface area contributed by atoms with Crippen LogP contribution in [0.5, 0.6) is 0 Å². The van der Waals surface area contributed by atoms with Gasteiger partial charge in [-0.2, -0.15) is 0 Å². The lowest BCUT2D eigenvalue weighted by Crippen LogP contribution is -2.02. The van der Waals surface area contributed by atoms with E-state index < -0.39 is 0 Å². The van der Waals surface area contributed by atoms with Crippen LogP contribution in [0.2, 0.25) is 5.02 Å². The summed E-state index contributed by atoms with van der Waals surface area (Å²) in [7, 11) is 0. The van der Waals surface area contributed by atoms with Gasteiger partial charge in [-0.25, -0.2) is 0 Å². The molecule has 2 rings (SSSR count). The van der Waals surface area contributed by atoms with Gasteiger partial charge >= 0.3 is 5.97 Å². The fourth-order valence-electron chi connectivity index (χ4n) is 1.71. The van der Waals surface area contributed by atoms with Gasteiger partial charge in [-0.05, 0) is 42.0 Å². The third-order valence-corrected chi connectivity index (χ3v) is 5.22. The molecule has 0 saturated heterocycles. The molecule has 2 aromatic carbocycles. The predicted octanol–water partition coefficient (Wildman–Crippen LogP) is 6.37. The summed E-state index contributed by atoms with van der Waals surface area (Å²) in [6.07, 6.45) is 0. The molecule has 0 spiro atoms. The van der Waals surface area contributed by atoms with E-state index >= 15 is 0 Å². The van der Waals surface area contributed by atoms with E-state index in [2.05, 4.69) is 15.9 Å². The summed E-state index contributed by atoms with van der Waals surface area (Å²) in [5.41, 5.74) is 0.860. The minimum atomic E-state index is -0.348. The molecule has 120 valence electrons. The van der Waals surface area contributed by atoms with Gasteiger partial charge in [0.15, 0.2) is 0 Å². The van der Waals surface area contributed by atoms with Crippen molar-refractivity contribution < 1.29 is 9.53 Å². The second-order valence-corrected chi connectivity index (χ2v) is 7.48. The summed E-state index contributed by atoms with van der Waals surface area (Å²) >= 11 is 17.3. The molecule has 0 saturated carbocycles. The number of rotatable bonds is 5. The largest absolute Gasteiger partial charge is 0.460 e. The molecule has 0 amide bonds. The van der Waals surface area contributed by atoms with Crippen molar-refractivity contribution in [2.45, 2.75) is 11.8 Å². The van der Waals surface area contributed by atoms with E-state index in [0.29, 0.717) is 10.1 Å². The molecular weight excluding hydrogens is 419 g/mol. The van der Waals surface area contributed by atoms with E-state index in [1.807, 2.05) is 36.4 Å². The van der Waals surface area contributed by atoms with Crippen LogP contribution in [0, 0.1) is 0 Å². The molecule has 0 radical (unpaired) electrons. The fraction of sp³-hybridized carbons (Fsp3) is 0.118. The summed E-state index contributed by atoms with van der Waals surface area (Å²) in [5.74, 6) is -0.348. The molecule has 0 aromatic heterocycles. The summed E-state index contributed by atoms with van der Waals surface area (Å²) < 4.78 is 6.10. The zero-order valence-corrected chi connectivity index (χ0v) is 16.1. The third kappa shape index (κ3) is 5.88. The molecule has 0 heterocycles. The second kappa shape index (κ2) is 8.78. The lowest BCUT2D eigenvalue weighted by molar-refractivity contribution is -0.139. The third-order valence-electron chi connectivity index (χ3n) is 2.80. The molecular formula is C17H13BrCl2O2S. The van der Waals surface area contributed by atoms with Gasteiger partial charge in [-0.3, -0.25) is 4.79 Å². The van der Waals surface area contributed by atoms with Gasteiger partial charge in [0, 0.05) is 26.2 Å². The molecule has 0 fully saturated rings.